The predicted octanol–water partition coefficient (Wildman–Crippen LogP) is 3.65. The first-order valence-electron chi connectivity index (χ1n) is 8.44. The first-order chi connectivity index (χ1) is 11.8. The summed E-state index contributed by atoms with van der Waals surface area (Å²) in [6.45, 7) is 0.634. The molecule has 1 aromatic heterocycles. The van der Waals surface area contributed by atoms with Gasteiger partial charge in [0.2, 0.25) is 5.91 Å². The Kier molecular flexibility index (Phi) is 4.03. The molecule has 2 aliphatic rings. The van der Waals surface area contributed by atoms with Gasteiger partial charge in [-0.1, -0.05) is 18.2 Å². The summed E-state index contributed by atoms with van der Waals surface area (Å²) in [7, 11) is 0. The quantitative estimate of drug-likeness (QED) is 0.878. The maximum atomic E-state index is 12.5. The van der Waals surface area contributed by atoms with E-state index in [1.807, 2.05) is 18.2 Å². The number of rotatable bonds is 3. The molecule has 1 aromatic carbocycles. The number of allylic oxidation sites excluding steroid dienone is 2. The molecule has 0 saturated heterocycles. The van der Waals surface area contributed by atoms with E-state index in [0.717, 1.165) is 41.7 Å². The minimum atomic E-state index is 0.0173. The van der Waals surface area contributed by atoms with Gasteiger partial charge in [-0.05, 0) is 48.2 Å². The molecule has 0 bridgehead atoms. The molecule has 24 heavy (non-hydrogen) atoms. The number of carbonyl (C=O) groups is 1. The number of benzene rings is 1. The molecule has 4 rings (SSSR count). The van der Waals surface area contributed by atoms with Gasteiger partial charge in [0.15, 0.2) is 0 Å². The molecule has 1 amide bonds. The summed E-state index contributed by atoms with van der Waals surface area (Å²) in [4.78, 5) is 16.5. The molecule has 2 heterocycles. The van der Waals surface area contributed by atoms with Crippen LogP contribution in [0.15, 0.2) is 54.9 Å². The molecule has 0 fully saturated rings. The molecule has 1 unspecified atom stereocenters. The van der Waals surface area contributed by atoms with Crippen LogP contribution in [-0.4, -0.2) is 17.5 Å². The molecule has 122 valence electrons. The van der Waals surface area contributed by atoms with Crippen LogP contribution in [-0.2, 0) is 4.79 Å². The first-order valence-corrected chi connectivity index (χ1v) is 8.44. The monoisotopic (exact) mass is 320 g/mol. The molecular formula is C20H20N2O2. The Morgan fingerprint density at radius 2 is 1.88 bits per heavy atom. The smallest absolute Gasteiger partial charge is 0.224 e. The van der Waals surface area contributed by atoms with Crippen molar-refractivity contribution in [2.24, 2.45) is 5.92 Å². The van der Waals surface area contributed by atoms with Crippen LogP contribution in [0.1, 0.15) is 30.9 Å². The van der Waals surface area contributed by atoms with Gasteiger partial charge in [-0.15, -0.1) is 0 Å². The fraction of sp³-hybridized carbons (Fsp3) is 0.300. The van der Waals surface area contributed by atoms with Crippen LogP contribution in [0, 0.1) is 5.92 Å². The number of nitrogens with zero attached hydrogens (tertiary/aromatic N) is 1. The Hall–Kier alpha value is -2.62. The van der Waals surface area contributed by atoms with Gasteiger partial charge in [-0.25, -0.2) is 0 Å². The van der Waals surface area contributed by atoms with E-state index >= 15 is 0 Å². The van der Waals surface area contributed by atoms with Crippen LogP contribution < -0.4 is 10.1 Å². The molecule has 1 aliphatic heterocycles. The van der Waals surface area contributed by atoms with Crippen molar-refractivity contribution < 1.29 is 9.53 Å². The van der Waals surface area contributed by atoms with Crippen LogP contribution >= 0.6 is 0 Å². The lowest BCUT2D eigenvalue weighted by Crippen LogP contribution is -2.35. The molecule has 0 radical (unpaired) electrons. The lowest BCUT2D eigenvalue weighted by atomic mass is 9.95. The van der Waals surface area contributed by atoms with Gasteiger partial charge in [0, 0.05) is 30.3 Å². The number of pyridine rings is 1. The number of aromatic nitrogens is 1. The minimum Gasteiger partial charge on any atom is -0.493 e. The molecular weight excluding hydrogens is 300 g/mol. The second-order valence-corrected chi connectivity index (χ2v) is 6.33. The molecule has 4 heteroatoms. The molecule has 0 saturated carbocycles. The molecule has 1 aliphatic carbocycles. The van der Waals surface area contributed by atoms with Crippen LogP contribution in [0.25, 0.3) is 11.1 Å². The molecule has 2 aromatic rings. The zero-order valence-corrected chi connectivity index (χ0v) is 13.4. The lowest BCUT2D eigenvalue weighted by molar-refractivity contribution is -0.125. The average molecular weight is 320 g/mol. The van der Waals surface area contributed by atoms with E-state index in [1.165, 1.54) is 0 Å². The maximum Gasteiger partial charge on any atom is 0.224 e. The number of ether oxygens (including phenoxy) is 1. The van der Waals surface area contributed by atoms with Gasteiger partial charge >= 0.3 is 0 Å². The van der Waals surface area contributed by atoms with Gasteiger partial charge in [0.05, 0.1) is 12.6 Å². The summed E-state index contributed by atoms with van der Waals surface area (Å²) in [5.74, 6) is 1.10. The Morgan fingerprint density at radius 1 is 1.08 bits per heavy atom. The van der Waals surface area contributed by atoms with Crippen molar-refractivity contribution in [1.82, 2.24) is 10.3 Å². The van der Waals surface area contributed by atoms with E-state index in [0.29, 0.717) is 6.61 Å². The zero-order valence-electron chi connectivity index (χ0n) is 13.4. The van der Waals surface area contributed by atoms with Gasteiger partial charge in [-0.3, -0.25) is 9.78 Å². The van der Waals surface area contributed by atoms with Crippen LogP contribution in [0.4, 0.5) is 0 Å². The van der Waals surface area contributed by atoms with E-state index in [9.17, 15) is 4.79 Å². The first kappa shape index (κ1) is 14.9. The van der Waals surface area contributed by atoms with Crippen molar-refractivity contribution in [3.63, 3.8) is 0 Å². The highest BCUT2D eigenvalue weighted by molar-refractivity contribution is 5.80. The zero-order chi connectivity index (χ0) is 16.4. The standard InChI is InChI=1S/C20H20N2O2/c23-20(15-3-1-2-4-15)22-18-9-12-24-19-6-5-16(13-17(18)19)14-7-10-21-11-8-14/h1-2,5-8,10-11,13,15,18H,3-4,9,12H2,(H,22,23). The second-order valence-electron chi connectivity index (χ2n) is 6.33. The second kappa shape index (κ2) is 6.48. The minimum absolute atomic E-state index is 0.0173. The van der Waals surface area contributed by atoms with Crippen molar-refractivity contribution >= 4 is 5.91 Å². The summed E-state index contributed by atoms with van der Waals surface area (Å²) in [5, 5.41) is 3.22. The van der Waals surface area contributed by atoms with Gasteiger partial charge in [-0.2, -0.15) is 0 Å². The number of nitrogens with one attached hydrogen (secondary N) is 1. The normalized spacial score (nSPS) is 19.6. The summed E-state index contributed by atoms with van der Waals surface area (Å²) in [6, 6.07) is 10.2. The third-order valence-electron chi connectivity index (χ3n) is 4.76. The number of hydrogen-bond acceptors (Lipinski definition) is 3. The van der Waals surface area contributed by atoms with E-state index in [2.05, 4.69) is 34.6 Å². The Balaban J connectivity index is 1.60. The van der Waals surface area contributed by atoms with Gasteiger partial charge in [0.25, 0.3) is 0 Å². The van der Waals surface area contributed by atoms with Crippen LogP contribution in [0.2, 0.25) is 0 Å². The van der Waals surface area contributed by atoms with Gasteiger partial charge < -0.3 is 10.1 Å². The lowest BCUT2D eigenvalue weighted by Gasteiger charge is -2.28. The van der Waals surface area contributed by atoms with Crippen molar-refractivity contribution in [1.29, 1.82) is 0 Å². The fourth-order valence-corrected chi connectivity index (χ4v) is 3.39. The Labute approximate surface area is 141 Å². The highest BCUT2D eigenvalue weighted by Gasteiger charge is 2.27. The van der Waals surface area contributed by atoms with Crippen molar-refractivity contribution in [2.75, 3.05) is 6.61 Å². The Morgan fingerprint density at radius 3 is 2.67 bits per heavy atom. The number of fused-ring (bicyclic) bond motifs is 1. The van der Waals surface area contributed by atoms with E-state index in [4.69, 9.17) is 4.74 Å². The largest absolute Gasteiger partial charge is 0.493 e. The number of hydrogen-bond donors (Lipinski definition) is 1. The molecule has 1 N–H and O–H groups in total. The predicted molar refractivity (Wildman–Crippen MR) is 92.5 cm³/mol. The topological polar surface area (TPSA) is 51.2 Å². The third-order valence-corrected chi connectivity index (χ3v) is 4.76. The van der Waals surface area contributed by atoms with E-state index < -0.39 is 0 Å². The average Bonchev–Trinajstić information content (AvgIpc) is 3.17. The van der Waals surface area contributed by atoms with E-state index in [1.54, 1.807) is 12.4 Å². The third kappa shape index (κ3) is 2.92. The van der Waals surface area contributed by atoms with E-state index in [-0.39, 0.29) is 17.9 Å². The summed E-state index contributed by atoms with van der Waals surface area (Å²) >= 11 is 0. The van der Waals surface area contributed by atoms with Crippen LogP contribution in [0.5, 0.6) is 5.75 Å². The summed E-state index contributed by atoms with van der Waals surface area (Å²) in [5.41, 5.74) is 3.29. The van der Waals surface area contributed by atoms with Crippen molar-refractivity contribution in [2.45, 2.75) is 25.3 Å². The van der Waals surface area contributed by atoms with Crippen molar-refractivity contribution in [3.8, 4) is 16.9 Å². The SMILES string of the molecule is O=C(NC1CCOc2ccc(-c3ccncc3)cc21)C1CC=CC1. The highest BCUT2D eigenvalue weighted by atomic mass is 16.5. The molecule has 1 atom stereocenters. The molecule has 4 nitrogen and oxygen atoms in total. The summed E-state index contributed by atoms with van der Waals surface area (Å²) in [6.07, 6.45) is 10.2. The Bertz CT molecular complexity index is 762. The highest BCUT2D eigenvalue weighted by Crippen LogP contribution is 2.35. The van der Waals surface area contributed by atoms with Crippen LogP contribution in [0.3, 0.4) is 0 Å². The van der Waals surface area contributed by atoms with Crippen molar-refractivity contribution in [3.05, 3.63) is 60.4 Å². The molecule has 0 spiro atoms. The maximum absolute atomic E-state index is 12.5. The summed E-state index contributed by atoms with van der Waals surface area (Å²) < 4.78 is 5.78. The number of carbonyl (C=O) groups excluding carboxylic acids is 1. The fourth-order valence-electron chi connectivity index (χ4n) is 3.39. The van der Waals surface area contributed by atoms with Gasteiger partial charge in [0.1, 0.15) is 5.75 Å². The number of amides is 1.